The van der Waals surface area contributed by atoms with Gasteiger partial charge in [0.2, 0.25) is 5.96 Å². The van der Waals surface area contributed by atoms with E-state index in [9.17, 15) is 13.2 Å². The maximum Gasteiger partial charge on any atom is 0.435 e. The van der Waals surface area contributed by atoms with Gasteiger partial charge in [0.05, 0.1) is 17.1 Å². The van der Waals surface area contributed by atoms with Gasteiger partial charge in [-0.05, 0) is 30.3 Å². The Kier molecular flexibility index (Phi) is 5.03. The fraction of sp³-hybridized carbons (Fsp3) is 0.0556. The van der Waals surface area contributed by atoms with Crippen molar-refractivity contribution in [1.82, 2.24) is 9.78 Å². The molecule has 0 saturated carbocycles. The van der Waals surface area contributed by atoms with E-state index in [2.05, 4.69) is 15.1 Å². The summed E-state index contributed by atoms with van der Waals surface area (Å²) in [5, 5.41) is 3.73. The average Bonchev–Trinajstić information content (AvgIpc) is 3.08. The first-order chi connectivity index (χ1) is 13.2. The molecule has 0 fully saturated rings. The Balaban J connectivity index is 2.03. The second kappa shape index (κ2) is 7.43. The number of para-hydroxylation sites is 1. The van der Waals surface area contributed by atoms with E-state index in [4.69, 9.17) is 17.2 Å². The summed E-state index contributed by atoms with van der Waals surface area (Å²) in [6.07, 6.45) is -4.56. The third-order valence-electron chi connectivity index (χ3n) is 3.65. The number of halogens is 3. The first kappa shape index (κ1) is 19.0. The molecule has 7 nitrogen and oxygen atoms in total. The van der Waals surface area contributed by atoms with E-state index in [1.54, 1.807) is 54.6 Å². The van der Waals surface area contributed by atoms with Crippen molar-refractivity contribution in [2.75, 3.05) is 0 Å². The Bertz CT molecular complexity index is 1020. The van der Waals surface area contributed by atoms with Crippen molar-refractivity contribution in [2.45, 2.75) is 6.18 Å². The number of aromatic nitrogens is 2. The second-order valence-corrected chi connectivity index (χ2v) is 5.71. The summed E-state index contributed by atoms with van der Waals surface area (Å²) in [6.45, 7) is 0. The van der Waals surface area contributed by atoms with Gasteiger partial charge in [-0.2, -0.15) is 23.3 Å². The van der Waals surface area contributed by atoms with Gasteiger partial charge in [-0.1, -0.05) is 30.3 Å². The maximum atomic E-state index is 13.2. The zero-order valence-corrected chi connectivity index (χ0v) is 14.4. The van der Waals surface area contributed by atoms with Crippen LogP contribution in [0.4, 0.5) is 18.9 Å². The average molecular weight is 387 g/mol. The number of nitrogens with zero attached hydrogens (tertiary/aromatic N) is 4. The van der Waals surface area contributed by atoms with Crippen LogP contribution in [0, 0.1) is 0 Å². The van der Waals surface area contributed by atoms with Crippen molar-refractivity contribution in [2.24, 2.45) is 27.2 Å². The summed E-state index contributed by atoms with van der Waals surface area (Å²) in [5.74, 6) is -0.370. The Morgan fingerprint density at radius 3 is 2.14 bits per heavy atom. The summed E-state index contributed by atoms with van der Waals surface area (Å²) in [6, 6.07) is 15.9. The molecular formula is C18H16F3N7. The molecule has 0 amide bonds. The highest BCUT2D eigenvalue weighted by atomic mass is 19.4. The minimum atomic E-state index is -4.56. The number of guanidine groups is 2. The number of nitrogens with two attached hydrogens (primary N) is 3. The molecule has 3 rings (SSSR count). The molecule has 0 aliphatic rings. The Morgan fingerprint density at radius 2 is 1.57 bits per heavy atom. The van der Waals surface area contributed by atoms with Crippen molar-refractivity contribution in [1.29, 1.82) is 0 Å². The second-order valence-electron chi connectivity index (χ2n) is 5.71. The number of hydrogen-bond donors (Lipinski definition) is 3. The Labute approximate surface area is 158 Å². The van der Waals surface area contributed by atoms with E-state index in [1.807, 2.05) is 0 Å². The highest BCUT2D eigenvalue weighted by molar-refractivity contribution is 5.93. The molecule has 3 aromatic rings. The lowest BCUT2D eigenvalue weighted by molar-refractivity contribution is -0.141. The van der Waals surface area contributed by atoms with Gasteiger partial charge in [-0.3, -0.25) is 0 Å². The van der Waals surface area contributed by atoms with E-state index in [0.717, 1.165) is 6.07 Å². The van der Waals surface area contributed by atoms with Gasteiger partial charge < -0.3 is 17.2 Å². The molecule has 10 heteroatoms. The molecule has 0 aliphatic carbocycles. The van der Waals surface area contributed by atoms with Crippen molar-refractivity contribution in [3.63, 3.8) is 0 Å². The fourth-order valence-corrected chi connectivity index (χ4v) is 2.49. The number of hydrogen-bond acceptors (Lipinski definition) is 2. The lowest BCUT2D eigenvalue weighted by Gasteiger charge is -2.08. The predicted molar refractivity (Wildman–Crippen MR) is 101 cm³/mol. The molecule has 1 heterocycles. The van der Waals surface area contributed by atoms with E-state index in [0.29, 0.717) is 16.9 Å². The summed E-state index contributed by atoms with van der Waals surface area (Å²) in [5.41, 5.74) is 16.8. The van der Waals surface area contributed by atoms with E-state index >= 15 is 0 Å². The number of benzene rings is 2. The van der Waals surface area contributed by atoms with Crippen molar-refractivity contribution < 1.29 is 13.2 Å². The molecule has 2 aromatic carbocycles. The van der Waals surface area contributed by atoms with Crippen LogP contribution in [0.1, 0.15) is 5.69 Å². The van der Waals surface area contributed by atoms with Crippen molar-refractivity contribution in [3.05, 3.63) is 66.4 Å². The number of aliphatic imine (C=N–C) groups is 2. The van der Waals surface area contributed by atoms with Crippen LogP contribution in [0.15, 0.2) is 70.6 Å². The molecule has 0 atom stereocenters. The molecule has 144 valence electrons. The van der Waals surface area contributed by atoms with Gasteiger partial charge in [0.15, 0.2) is 11.7 Å². The van der Waals surface area contributed by atoms with E-state index in [-0.39, 0.29) is 17.6 Å². The summed E-state index contributed by atoms with van der Waals surface area (Å²) in [7, 11) is 0. The molecule has 28 heavy (non-hydrogen) atoms. The number of alkyl halides is 3. The standard InChI is InChI=1S/C18H16F3N7/c19-18(20,21)15-10-14(28(27-15)13-4-2-1-3-5-13)11-6-8-12(9-7-11)25-17(24)26-16(22)23/h1-10H,(H6,22,23,24,25,26). The predicted octanol–water partition coefficient (Wildman–Crippen LogP) is 2.78. The molecule has 0 bridgehead atoms. The first-order valence-electron chi connectivity index (χ1n) is 8.01. The maximum absolute atomic E-state index is 13.2. The highest BCUT2D eigenvalue weighted by Gasteiger charge is 2.35. The van der Waals surface area contributed by atoms with Crippen LogP contribution in [0.3, 0.4) is 0 Å². The molecule has 0 saturated heterocycles. The zero-order chi connectivity index (χ0) is 20.3. The molecular weight excluding hydrogens is 371 g/mol. The zero-order valence-electron chi connectivity index (χ0n) is 14.4. The van der Waals surface area contributed by atoms with Crippen molar-refractivity contribution >= 4 is 17.6 Å². The number of rotatable bonds is 3. The van der Waals surface area contributed by atoms with Crippen LogP contribution in [-0.2, 0) is 6.18 Å². The minimum Gasteiger partial charge on any atom is -0.370 e. The van der Waals surface area contributed by atoms with E-state index < -0.39 is 11.9 Å². The van der Waals surface area contributed by atoms with Crippen LogP contribution in [0.5, 0.6) is 0 Å². The van der Waals surface area contributed by atoms with E-state index in [1.165, 1.54) is 4.68 Å². The monoisotopic (exact) mass is 387 g/mol. The third-order valence-corrected chi connectivity index (χ3v) is 3.65. The molecule has 1 aromatic heterocycles. The fourth-order valence-electron chi connectivity index (χ4n) is 2.49. The summed E-state index contributed by atoms with van der Waals surface area (Å²) < 4.78 is 40.8. The first-order valence-corrected chi connectivity index (χ1v) is 8.01. The minimum absolute atomic E-state index is 0.138. The van der Waals surface area contributed by atoms with Gasteiger partial charge in [0.1, 0.15) is 0 Å². The largest absolute Gasteiger partial charge is 0.435 e. The molecule has 0 spiro atoms. The third kappa shape index (κ3) is 4.29. The van der Waals surface area contributed by atoms with Gasteiger partial charge in [-0.25, -0.2) is 9.67 Å². The highest BCUT2D eigenvalue weighted by Crippen LogP contribution is 2.33. The van der Waals surface area contributed by atoms with Gasteiger partial charge in [-0.15, -0.1) is 0 Å². The molecule has 0 radical (unpaired) electrons. The molecule has 0 unspecified atom stereocenters. The van der Waals surface area contributed by atoms with Crippen LogP contribution in [0.2, 0.25) is 0 Å². The van der Waals surface area contributed by atoms with Gasteiger partial charge in [0.25, 0.3) is 0 Å². The van der Waals surface area contributed by atoms with Crippen LogP contribution < -0.4 is 17.2 Å². The SMILES string of the molecule is NC(N)=NC(N)=Nc1ccc(-c2cc(C(F)(F)F)nn2-c2ccccc2)cc1. The molecule has 6 N–H and O–H groups in total. The quantitative estimate of drug-likeness (QED) is 0.473. The van der Waals surface area contributed by atoms with Crippen molar-refractivity contribution in [3.8, 4) is 16.9 Å². The van der Waals surface area contributed by atoms with Gasteiger partial charge >= 0.3 is 6.18 Å². The Morgan fingerprint density at radius 1 is 0.929 bits per heavy atom. The normalized spacial score (nSPS) is 12.0. The Hall–Kier alpha value is -3.82. The lowest BCUT2D eigenvalue weighted by atomic mass is 10.1. The van der Waals surface area contributed by atoms with Gasteiger partial charge in [0, 0.05) is 5.56 Å². The summed E-state index contributed by atoms with van der Waals surface area (Å²) >= 11 is 0. The topological polar surface area (TPSA) is 121 Å². The smallest absolute Gasteiger partial charge is 0.370 e. The molecule has 0 aliphatic heterocycles. The summed E-state index contributed by atoms with van der Waals surface area (Å²) in [4.78, 5) is 7.60. The van der Waals surface area contributed by atoms with Crippen LogP contribution in [0.25, 0.3) is 16.9 Å². The van der Waals surface area contributed by atoms with Crippen LogP contribution in [-0.4, -0.2) is 21.7 Å². The lowest BCUT2D eigenvalue weighted by Crippen LogP contribution is -2.26. The van der Waals surface area contributed by atoms with Crippen LogP contribution >= 0.6 is 0 Å².